The van der Waals surface area contributed by atoms with Crippen LogP contribution >= 0.6 is 0 Å². The molecule has 0 unspecified atom stereocenters. The predicted octanol–water partition coefficient (Wildman–Crippen LogP) is 4.89. The molecule has 1 heterocycles. The van der Waals surface area contributed by atoms with E-state index in [0.29, 0.717) is 34.1 Å². The third-order valence-electron chi connectivity index (χ3n) is 6.23. The zero-order valence-corrected chi connectivity index (χ0v) is 25.9. The summed E-state index contributed by atoms with van der Waals surface area (Å²) in [7, 11) is 11.5. The Hall–Kier alpha value is -5.11. The number of halogens is 3. The number of amides is 1. The van der Waals surface area contributed by atoms with Gasteiger partial charge in [0.15, 0.2) is 5.78 Å². The largest absolute Gasteiger partial charge is 0.494 e. The standard InChI is InChI=1S/C29H36N6O3.C2HF3O2/c1-8-28(36)32-23-18-24(26(38-7)19-25(23)35(6)16-15-33(2)3)31-27-17-21(13-14-30-27)29(37)20-9-11-22(12-10-20)34(4)5;3-2(4,5)1(6)7/h8-14,17-19H,1,15-16H2,2-7H3,(H,30,31)(H,32,36);(H,6,7). The van der Waals surface area contributed by atoms with Crippen LogP contribution < -0.4 is 25.2 Å². The van der Waals surface area contributed by atoms with E-state index in [2.05, 4.69) is 27.1 Å². The molecule has 0 aliphatic carbocycles. The van der Waals surface area contributed by atoms with Crippen molar-refractivity contribution in [2.75, 3.05) is 75.9 Å². The molecule has 11 nitrogen and oxygen atoms in total. The lowest BCUT2D eigenvalue weighted by Crippen LogP contribution is -2.29. The monoisotopic (exact) mass is 630 g/mol. The number of carbonyl (C=O) groups is 3. The van der Waals surface area contributed by atoms with E-state index in [-0.39, 0.29) is 11.7 Å². The topological polar surface area (TPSA) is 127 Å². The lowest BCUT2D eigenvalue weighted by atomic mass is 10.0. The molecule has 2 aromatic carbocycles. The summed E-state index contributed by atoms with van der Waals surface area (Å²) >= 11 is 0. The maximum Gasteiger partial charge on any atom is 0.490 e. The van der Waals surface area contributed by atoms with Gasteiger partial charge in [0.1, 0.15) is 11.6 Å². The van der Waals surface area contributed by atoms with Gasteiger partial charge in [-0.3, -0.25) is 9.59 Å². The number of hydrogen-bond donors (Lipinski definition) is 3. The van der Waals surface area contributed by atoms with Gasteiger partial charge in [-0.05, 0) is 62.6 Å². The van der Waals surface area contributed by atoms with Crippen LogP contribution in [-0.2, 0) is 9.59 Å². The molecule has 0 saturated heterocycles. The van der Waals surface area contributed by atoms with Gasteiger partial charge in [0.05, 0.1) is 24.2 Å². The number of ether oxygens (including phenoxy) is 1. The van der Waals surface area contributed by atoms with E-state index in [0.717, 1.165) is 24.5 Å². The SMILES string of the molecule is C=CC(=O)Nc1cc(Nc2cc(C(=O)c3ccc(N(C)C)cc3)ccn2)c(OC)cc1N(C)CCN(C)C.O=C(O)C(F)(F)F. The molecule has 0 aliphatic heterocycles. The highest BCUT2D eigenvalue weighted by atomic mass is 19.4. The van der Waals surface area contributed by atoms with Crippen LogP contribution in [0.25, 0.3) is 0 Å². The minimum atomic E-state index is -5.08. The third-order valence-corrected chi connectivity index (χ3v) is 6.23. The van der Waals surface area contributed by atoms with Crippen molar-refractivity contribution in [3.05, 3.63) is 78.5 Å². The van der Waals surface area contributed by atoms with Gasteiger partial charge < -0.3 is 35.2 Å². The maximum absolute atomic E-state index is 13.1. The van der Waals surface area contributed by atoms with Crippen LogP contribution in [0.3, 0.4) is 0 Å². The van der Waals surface area contributed by atoms with Crippen molar-refractivity contribution < 1.29 is 37.4 Å². The molecule has 0 fully saturated rings. The van der Waals surface area contributed by atoms with Gasteiger partial charge in [-0.15, -0.1) is 0 Å². The molecule has 0 atom stereocenters. The zero-order valence-electron chi connectivity index (χ0n) is 25.9. The van der Waals surface area contributed by atoms with Gasteiger partial charge in [0, 0.05) is 63.3 Å². The second-order valence-corrected chi connectivity index (χ2v) is 10.1. The minimum absolute atomic E-state index is 0.107. The molecule has 45 heavy (non-hydrogen) atoms. The molecule has 3 rings (SSSR count). The summed E-state index contributed by atoms with van der Waals surface area (Å²) in [5.74, 6) is -2.16. The molecule has 0 spiro atoms. The fourth-order valence-corrected chi connectivity index (χ4v) is 3.76. The molecule has 0 radical (unpaired) electrons. The Labute approximate surface area is 259 Å². The average molecular weight is 631 g/mol. The highest BCUT2D eigenvalue weighted by molar-refractivity contribution is 6.09. The number of aromatic nitrogens is 1. The van der Waals surface area contributed by atoms with Gasteiger partial charge in [-0.2, -0.15) is 13.2 Å². The smallest absolute Gasteiger partial charge is 0.490 e. The van der Waals surface area contributed by atoms with Crippen molar-refractivity contribution in [2.24, 2.45) is 0 Å². The predicted molar refractivity (Wildman–Crippen MR) is 169 cm³/mol. The molecule has 3 aromatic rings. The lowest BCUT2D eigenvalue weighted by molar-refractivity contribution is -0.192. The Morgan fingerprint density at radius 3 is 2.09 bits per heavy atom. The summed E-state index contributed by atoms with van der Waals surface area (Å²) < 4.78 is 37.4. The lowest BCUT2D eigenvalue weighted by Gasteiger charge is -2.26. The Morgan fingerprint density at radius 2 is 1.58 bits per heavy atom. The molecular formula is C31H37F3N6O5. The van der Waals surface area contributed by atoms with E-state index in [4.69, 9.17) is 14.6 Å². The fraction of sp³-hybridized carbons (Fsp3) is 0.290. The van der Waals surface area contributed by atoms with Crippen molar-refractivity contribution in [2.45, 2.75) is 6.18 Å². The van der Waals surface area contributed by atoms with Crippen molar-refractivity contribution in [1.29, 1.82) is 0 Å². The van der Waals surface area contributed by atoms with Gasteiger partial charge in [0.2, 0.25) is 5.91 Å². The summed E-state index contributed by atoms with van der Waals surface area (Å²) in [6.45, 7) is 5.13. The first-order valence-electron chi connectivity index (χ1n) is 13.4. The van der Waals surface area contributed by atoms with Crippen LogP contribution in [0.2, 0.25) is 0 Å². The van der Waals surface area contributed by atoms with E-state index in [9.17, 15) is 22.8 Å². The molecule has 1 aromatic heterocycles. The number of likely N-dealkylation sites (N-methyl/N-ethyl adjacent to an activating group) is 2. The molecular weight excluding hydrogens is 593 g/mol. The first kappa shape index (κ1) is 36.1. The van der Waals surface area contributed by atoms with E-state index in [1.54, 1.807) is 31.5 Å². The number of ketones is 1. The van der Waals surface area contributed by atoms with E-state index >= 15 is 0 Å². The van der Waals surface area contributed by atoms with Crippen LogP contribution in [0.5, 0.6) is 5.75 Å². The Balaban J connectivity index is 0.000000900. The zero-order chi connectivity index (χ0) is 33.9. The minimum Gasteiger partial charge on any atom is -0.494 e. The highest BCUT2D eigenvalue weighted by Crippen LogP contribution is 2.38. The second kappa shape index (κ2) is 16.1. The quantitative estimate of drug-likeness (QED) is 0.188. The van der Waals surface area contributed by atoms with Crippen LogP contribution in [0, 0.1) is 0 Å². The third kappa shape index (κ3) is 10.8. The average Bonchev–Trinajstić information content (AvgIpc) is 2.99. The van der Waals surface area contributed by atoms with Crippen molar-refractivity contribution in [3.8, 4) is 5.75 Å². The summed E-state index contributed by atoms with van der Waals surface area (Å²) in [5.41, 5.74) is 4.07. The number of nitrogens with one attached hydrogen (secondary N) is 2. The molecule has 0 aliphatic rings. The molecule has 0 bridgehead atoms. The number of hydrogen-bond acceptors (Lipinski definition) is 9. The van der Waals surface area contributed by atoms with Crippen molar-refractivity contribution in [3.63, 3.8) is 0 Å². The summed E-state index contributed by atoms with van der Waals surface area (Å²) in [5, 5.41) is 13.3. The van der Waals surface area contributed by atoms with E-state index in [1.165, 1.54) is 6.08 Å². The number of carboxylic acids is 1. The fourth-order valence-electron chi connectivity index (χ4n) is 3.76. The van der Waals surface area contributed by atoms with Gasteiger partial charge in [-0.1, -0.05) is 6.58 Å². The number of benzene rings is 2. The van der Waals surface area contributed by atoms with Crippen LogP contribution in [-0.4, -0.2) is 94.3 Å². The number of carboxylic acid groups (broad SMARTS) is 1. The number of anilines is 5. The number of carbonyl (C=O) groups excluding carboxylic acids is 2. The number of rotatable bonds is 12. The van der Waals surface area contributed by atoms with Gasteiger partial charge in [-0.25, -0.2) is 9.78 Å². The Kier molecular flexibility index (Phi) is 12.9. The van der Waals surface area contributed by atoms with E-state index < -0.39 is 12.1 Å². The number of aliphatic carboxylic acids is 1. The summed E-state index contributed by atoms with van der Waals surface area (Å²) in [4.78, 5) is 44.7. The number of pyridine rings is 1. The van der Waals surface area contributed by atoms with E-state index in [1.807, 2.05) is 75.4 Å². The Bertz CT molecular complexity index is 1490. The Morgan fingerprint density at radius 1 is 0.956 bits per heavy atom. The highest BCUT2D eigenvalue weighted by Gasteiger charge is 2.38. The molecule has 1 amide bonds. The van der Waals surface area contributed by atoms with Crippen molar-refractivity contribution in [1.82, 2.24) is 9.88 Å². The maximum atomic E-state index is 13.1. The first-order chi connectivity index (χ1) is 21.1. The second-order valence-electron chi connectivity index (χ2n) is 10.1. The van der Waals surface area contributed by atoms with Gasteiger partial charge >= 0.3 is 12.1 Å². The normalized spacial score (nSPS) is 10.7. The molecule has 3 N–H and O–H groups in total. The number of methoxy groups -OCH3 is 1. The van der Waals surface area contributed by atoms with Gasteiger partial charge in [0.25, 0.3) is 0 Å². The molecule has 14 heteroatoms. The summed E-state index contributed by atoms with van der Waals surface area (Å²) in [6, 6.07) is 14.5. The molecule has 0 saturated carbocycles. The van der Waals surface area contributed by atoms with Crippen LogP contribution in [0.1, 0.15) is 15.9 Å². The first-order valence-corrected chi connectivity index (χ1v) is 13.4. The summed E-state index contributed by atoms with van der Waals surface area (Å²) in [6.07, 6.45) is -2.28. The van der Waals surface area contributed by atoms with Crippen molar-refractivity contribution >= 4 is 46.2 Å². The molecule has 242 valence electrons. The number of alkyl halides is 3. The number of nitrogens with zero attached hydrogens (tertiary/aromatic N) is 4. The van der Waals surface area contributed by atoms with Crippen LogP contribution in [0.4, 0.5) is 41.7 Å². The van der Waals surface area contributed by atoms with Crippen LogP contribution in [0.15, 0.2) is 67.4 Å².